The van der Waals surface area contributed by atoms with E-state index >= 15 is 0 Å². The highest BCUT2D eigenvalue weighted by Crippen LogP contribution is 2.22. The Morgan fingerprint density at radius 2 is 2.04 bits per heavy atom. The van der Waals surface area contributed by atoms with Crippen molar-refractivity contribution in [1.29, 1.82) is 0 Å². The van der Waals surface area contributed by atoms with Gasteiger partial charge in [-0.2, -0.15) is 0 Å². The molecule has 0 unspecified atom stereocenters. The largest absolute Gasteiger partial charge is 0.298 e. The number of thiazole rings is 1. The Bertz CT molecular complexity index is 846. The van der Waals surface area contributed by atoms with E-state index in [4.69, 9.17) is 0 Å². The van der Waals surface area contributed by atoms with Gasteiger partial charge in [0.15, 0.2) is 5.13 Å². The van der Waals surface area contributed by atoms with E-state index in [0.29, 0.717) is 11.0 Å². The van der Waals surface area contributed by atoms with Crippen molar-refractivity contribution in [3.8, 4) is 0 Å². The fourth-order valence-electron chi connectivity index (χ4n) is 2.36. The number of nitrogens with one attached hydrogen (secondary N) is 1. The zero-order chi connectivity index (χ0) is 17.6. The van der Waals surface area contributed by atoms with Gasteiger partial charge < -0.3 is 0 Å². The van der Waals surface area contributed by atoms with Gasteiger partial charge in [0.1, 0.15) is 0 Å². The molecule has 5 heteroatoms. The van der Waals surface area contributed by atoms with E-state index in [1.54, 1.807) is 11.3 Å². The van der Waals surface area contributed by atoms with Gasteiger partial charge in [0.25, 0.3) is 0 Å². The fraction of sp³-hybridized carbons (Fsp3) is 0.200. The van der Waals surface area contributed by atoms with Crippen LogP contribution in [0.15, 0.2) is 54.1 Å². The zero-order valence-corrected chi connectivity index (χ0v) is 15.9. The molecule has 0 fully saturated rings. The maximum atomic E-state index is 11.9. The first-order valence-electron chi connectivity index (χ1n) is 8.16. The lowest BCUT2D eigenvalue weighted by Crippen LogP contribution is -2.06. The number of thiophene rings is 1. The van der Waals surface area contributed by atoms with Crippen molar-refractivity contribution < 1.29 is 4.79 Å². The maximum absolute atomic E-state index is 11.9. The van der Waals surface area contributed by atoms with Crippen molar-refractivity contribution >= 4 is 39.8 Å². The number of hydrogen-bond acceptors (Lipinski definition) is 4. The Hall–Kier alpha value is -2.24. The van der Waals surface area contributed by atoms with Crippen LogP contribution in [0.3, 0.4) is 0 Å². The fourth-order valence-corrected chi connectivity index (χ4v) is 3.83. The third-order valence-electron chi connectivity index (χ3n) is 3.75. The summed E-state index contributed by atoms with van der Waals surface area (Å²) in [6, 6.07) is 12.6. The number of rotatable bonds is 6. The number of aromatic nitrogens is 1. The molecule has 0 radical (unpaired) electrons. The average molecular weight is 369 g/mol. The van der Waals surface area contributed by atoms with E-state index < -0.39 is 0 Å². The monoisotopic (exact) mass is 368 g/mol. The highest BCUT2D eigenvalue weighted by molar-refractivity contribution is 7.15. The van der Waals surface area contributed by atoms with Crippen LogP contribution < -0.4 is 5.32 Å². The molecule has 0 aliphatic carbocycles. The molecule has 3 rings (SSSR count). The number of carbonyl (C=O) groups is 1. The van der Waals surface area contributed by atoms with Gasteiger partial charge in [0, 0.05) is 28.4 Å². The van der Waals surface area contributed by atoms with Crippen molar-refractivity contribution in [3.63, 3.8) is 0 Å². The van der Waals surface area contributed by atoms with E-state index in [1.807, 2.05) is 29.8 Å². The lowest BCUT2D eigenvalue weighted by atomic mass is 10.0. The molecule has 2 heterocycles. The smallest absolute Gasteiger partial charge is 0.250 e. The van der Waals surface area contributed by atoms with Crippen molar-refractivity contribution in [3.05, 3.63) is 74.9 Å². The van der Waals surface area contributed by atoms with Crippen LogP contribution >= 0.6 is 22.7 Å². The van der Waals surface area contributed by atoms with Crippen LogP contribution in [0.25, 0.3) is 6.08 Å². The summed E-state index contributed by atoms with van der Waals surface area (Å²) in [7, 11) is 0. The lowest BCUT2D eigenvalue weighted by molar-refractivity contribution is -0.111. The van der Waals surface area contributed by atoms with Crippen LogP contribution in [0.1, 0.15) is 40.6 Å². The molecule has 0 saturated heterocycles. The Kier molecular flexibility index (Phi) is 5.79. The number of carbonyl (C=O) groups excluding carboxylic acids is 1. The second-order valence-corrected chi connectivity index (χ2v) is 8.14. The molecular formula is C20H20N2OS2. The van der Waals surface area contributed by atoms with E-state index in [0.717, 1.165) is 16.2 Å². The summed E-state index contributed by atoms with van der Waals surface area (Å²) in [5.74, 6) is 0.386. The second kappa shape index (κ2) is 8.23. The molecule has 2 aromatic heterocycles. The molecule has 0 saturated carbocycles. The number of anilines is 1. The van der Waals surface area contributed by atoms with Gasteiger partial charge in [-0.15, -0.1) is 22.7 Å². The molecular weight excluding hydrogens is 348 g/mol. The van der Waals surface area contributed by atoms with Crippen molar-refractivity contribution in [2.75, 3.05) is 5.32 Å². The summed E-state index contributed by atoms with van der Waals surface area (Å²) >= 11 is 3.11. The first kappa shape index (κ1) is 17.6. The Labute approximate surface area is 156 Å². The second-order valence-electron chi connectivity index (χ2n) is 6.04. The molecule has 3 nitrogen and oxygen atoms in total. The molecule has 0 atom stereocenters. The molecule has 0 aliphatic rings. The van der Waals surface area contributed by atoms with Crippen LogP contribution in [0.2, 0.25) is 0 Å². The number of nitrogens with zero attached hydrogens (tertiary/aromatic N) is 1. The maximum Gasteiger partial charge on any atom is 0.250 e. The Morgan fingerprint density at radius 3 is 2.72 bits per heavy atom. The Morgan fingerprint density at radius 1 is 1.24 bits per heavy atom. The summed E-state index contributed by atoms with van der Waals surface area (Å²) in [6.07, 6.45) is 6.01. The number of hydrogen-bond donors (Lipinski definition) is 1. The van der Waals surface area contributed by atoms with Gasteiger partial charge in [-0.3, -0.25) is 10.1 Å². The van der Waals surface area contributed by atoms with Gasteiger partial charge in [0.05, 0.1) is 0 Å². The molecule has 1 N–H and O–H groups in total. The first-order chi connectivity index (χ1) is 12.1. The summed E-state index contributed by atoms with van der Waals surface area (Å²) in [4.78, 5) is 18.4. The van der Waals surface area contributed by atoms with Crippen LogP contribution in [0.4, 0.5) is 5.13 Å². The molecule has 0 spiro atoms. The highest BCUT2D eigenvalue weighted by Gasteiger charge is 2.06. The van der Waals surface area contributed by atoms with Gasteiger partial charge in [-0.05, 0) is 34.6 Å². The van der Waals surface area contributed by atoms with Crippen LogP contribution in [-0.2, 0) is 11.2 Å². The van der Waals surface area contributed by atoms with Gasteiger partial charge in [-0.1, -0.05) is 44.2 Å². The molecule has 3 aromatic rings. The minimum Gasteiger partial charge on any atom is -0.298 e. The summed E-state index contributed by atoms with van der Waals surface area (Å²) in [5.41, 5.74) is 2.60. The van der Waals surface area contributed by atoms with Crippen LogP contribution in [0, 0.1) is 0 Å². The number of amides is 1. The molecule has 128 valence electrons. The normalized spacial score (nSPS) is 11.3. The van der Waals surface area contributed by atoms with Gasteiger partial charge >= 0.3 is 0 Å². The quantitative estimate of drug-likeness (QED) is 0.578. The third kappa shape index (κ3) is 5.11. The van der Waals surface area contributed by atoms with Crippen molar-refractivity contribution in [1.82, 2.24) is 4.98 Å². The molecule has 0 bridgehead atoms. The predicted octanol–water partition coefficient (Wildman–Crippen LogP) is 5.57. The lowest BCUT2D eigenvalue weighted by Gasteiger charge is -2.06. The van der Waals surface area contributed by atoms with Crippen LogP contribution in [-0.4, -0.2) is 10.9 Å². The summed E-state index contributed by atoms with van der Waals surface area (Å²) in [6.45, 7) is 4.39. The predicted molar refractivity (Wildman–Crippen MR) is 107 cm³/mol. The number of benzene rings is 1. The van der Waals surface area contributed by atoms with Crippen LogP contribution in [0.5, 0.6) is 0 Å². The van der Waals surface area contributed by atoms with Gasteiger partial charge in [0.2, 0.25) is 5.91 Å². The Balaban J connectivity index is 1.57. The van der Waals surface area contributed by atoms with Gasteiger partial charge in [-0.25, -0.2) is 4.98 Å². The van der Waals surface area contributed by atoms with E-state index in [2.05, 4.69) is 48.4 Å². The van der Waals surface area contributed by atoms with E-state index in [1.165, 1.54) is 28.5 Å². The molecule has 1 aromatic carbocycles. The molecule has 0 aliphatic heterocycles. The summed E-state index contributed by atoms with van der Waals surface area (Å²) < 4.78 is 0. The topological polar surface area (TPSA) is 42.0 Å². The third-order valence-corrected chi connectivity index (χ3v) is 5.50. The zero-order valence-electron chi connectivity index (χ0n) is 14.2. The first-order valence-corrected chi connectivity index (χ1v) is 9.86. The van der Waals surface area contributed by atoms with Crippen molar-refractivity contribution in [2.45, 2.75) is 26.2 Å². The summed E-state index contributed by atoms with van der Waals surface area (Å²) in [5, 5.41) is 5.44. The van der Waals surface area contributed by atoms with Crippen molar-refractivity contribution in [2.24, 2.45) is 0 Å². The molecule has 1 amide bonds. The SMILES string of the molecule is CC(C)c1ccc(Cc2cnc(NC(=O)/C=C/c3cccs3)s2)cc1. The standard InChI is InChI=1S/C20H20N2OS2/c1-14(2)16-7-5-15(6-8-16)12-18-13-21-20(25-18)22-19(23)10-9-17-4-3-11-24-17/h3-11,13-14H,12H2,1-2H3,(H,21,22,23)/b10-9+. The minimum absolute atomic E-state index is 0.157. The molecule has 25 heavy (non-hydrogen) atoms. The highest BCUT2D eigenvalue weighted by atomic mass is 32.1. The van der Waals surface area contributed by atoms with E-state index in [9.17, 15) is 4.79 Å². The minimum atomic E-state index is -0.157. The average Bonchev–Trinajstić information content (AvgIpc) is 3.25. The van der Waals surface area contributed by atoms with E-state index in [-0.39, 0.29) is 5.91 Å².